The van der Waals surface area contributed by atoms with Crippen molar-refractivity contribution in [3.8, 4) is 16.9 Å². The first-order valence-electron chi connectivity index (χ1n) is 13.5. The third-order valence-corrected chi connectivity index (χ3v) is 7.95. The molecule has 7 rings (SSSR count). The zero-order chi connectivity index (χ0) is 27.4. The standard InChI is InChI=1S/C29H28N8O3/c30-26-24-21(15-35(19-13-20(38)14-19)27(24)33-16-32-26)17-7-9-18(10-8-17)34-28(39)25-22-5-2-4-12-36(22)37(29(25)40)23-6-1-3-11-31-23/h1,3,6-11,15-16,19-20,38H,2,4-5,12-14H2,(H,34,39)(H2,30,32,33). The quantitative estimate of drug-likeness (QED) is 0.312. The van der Waals surface area contributed by atoms with Crippen LogP contribution < -0.4 is 16.6 Å². The van der Waals surface area contributed by atoms with E-state index in [-0.39, 0.29) is 23.3 Å². The molecule has 1 fully saturated rings. The molecule has 40 heavy (non-hydrogen) atoms. The lowest BCUT2D eigenvalue weighted by molar-refractivity contribution is 0.0501. The molecule has 4 N–H and O–H groups in total. The van der Waals surface area contributed by atoms with Crippen LogP contribution >= 0.6 is 0 Å². The van der Waals surface area contributed by atoms with Gasteiger partial charge in [-0.25, -0.2) is 15.0 Å². The van der Waals surface area contributed by atoms with Gasteiger partial charge in [0, 0.05) is 36.2 Å². The summed E-state index contributed by atoms with van der Waals surface area (Å²) in [5.74, 6) is 0.451. The molecule has 0 atom stereocenters. The maximum Gasteiger partial charge on any atom is 0.285 e. The Balaban J connectivity index is 1.20. The Morgan fingerprint density at radius 3 is 2.62 bits per heavy atom. The summed E-state index contributed by atoms with van der Waals surface area (Å²) >= 11 is 0. The zero-order valence-electron chi connectivity index (χ0n) is 21.7. The van der Waals surface area contributed by atoms with Crippen molar-refractivity contribution >= 4 is 28.4 Å². The summed E-state index contributed by atoms with van der Waals surface area (Å²) < 4.78 is 5.46. The van der Waals surface area contributed by atoms with Crippen molar-refractivity contribution in [1.82, 2.24) is 28.9 Å². The second kappa shape index (κ2) is 9.45. The first-order chi connectivity index (χ1) is 19.5. The molecule has 0 bridgehead atoms. The summed E-state index contributed by atoms with van der Waals surface area (Å²) in [6.45, 7) is 0.656. The van der Waals surface area contributed by atoms with Crippen molar-refractivity contribution in [3.05, 3.63) is 82.8 Å². The van der Waals surface area contributed by atoms with Crippen molar-refractivity contribution < 1.29 is 9.90 Å². The molecule has 4 aromatic heterocycles. The first-order valence-corrected chi connectivity index (χ1v) is 13.5. The lowest BCUT2D eigenvalue weighted by atomic mass is 9.89. The van der Waals surface area contributed by atoms with Gasteiger partial charge in [-0.05, 0) is 61.9 Å². The van der Waals surface area contributed by atoms with E-state index in [1.54, 1.807) is 18.3 Å². The highest BCUT2D eigenvalue weighted by molar-refractivity contribution is 6.05. The second-order valence-electron chi connectivity index (χ2n) is 10.4. The largest absolute Gasteiger partial charge is 0.393 e. The number of hydrogen-bond acceptors (Lipinski definition) is 7. The van der Waals surface area contributed by atoms with Crippen LogP contribution in [0.3, 0.4) is 0 Å². The topological polar surface area (TPSA) is 146 Å². The lowest BCUT2D eigenvalue weighted by Gasteiger charge is -2.32. The van der Waals surface area contributed by atoms with Gasteiger partial charge in [-0.3, -0.25) is 14.3 Å². The molecule has 1 aliphatic heterocycles. The van der Waals surface area contributed by atoms with Gasteiger partial charge in [-0.15, -0.1) is 0 Å². The van der Waals surface area contributed by atoms with Crippen molar-refractivity contribution in [2.45, 2.75) is 50.8 Å². The number of carbonyl (C=O) groups excluding carboxylic acids is 1. The highest BCUT2D eigenvalue weighted by atomic mass is 16.3. The Labute approximate surface area is 228 Å². The first kappa shape index (κ1) is 24.3. The minimum Gasteiger partial charge on any atom is -0.393 e. The number of pyridine rings is 1. The SMILES string of the molecule is Nc1ncnc2c1c(-c1ccc(NC(=O)c3c4n(n(-c5ccccn5)c3=O)CCCC4)cc1)cn2C1CC(O)C1. The van der Waals surface area contributed by atoms with E-state index in [1.807, 2.05) is 41.2 Å². The van der Waals surface area contributed by atoms with Crippen molar-refractivity contribution in [2.75, 3.05) is 11.1 Å². The Bertz CT molecular complexity index is 1800. The van der Waals surface area contributed by atoms with E-state index in [4.69, 9.17) is 5.73 Å². The van der Waals surface area contributed by atoms with E-state index >= 15 is 0 Å². The summed E-state index contributed by atoms with van der Waals surface area (Å²) in [4.78, 5) is 40.0. The normalized spacial score (nSPS) is 18.3. The van der Waals surface area contributed by atoms with Gasteiger partial charge in [0.1, 0.15) is 23.4 Å². The Hall–Kier alpha value is -4.77. The van der Waals surface area contributed by atoms with Gasteiger partial charge in [0.15, 0.2) is 5.82 Å². The molecule has 202 valence electrons. The number of nitrogens with one attached hydrogen (secondary N) is 1. The third kappa shape index (κ3) is 3.89. The Morgan fingerprint density at radius 2 is 1.88 bits per heavy atom. The molecule has 5 aromatic rings. The number of anilines is 2. The van der Waals surface area contributed by atoms with E-state index in [9.17, 15) is 14.7 Å². The van der Waals surface area contributed by atoms with E-state index < -0.39 is 5.91 Å². The second-order valence-corrected chi connectivity index (χ2v) is 10.4. The highest BCUT2D eigenvalue weighted by Crippen LogP contribution is 2.40. The molecular formula is C29H28N8O3. The predicted octanol–water partition coefficient (Wildman–Crippen LogP) is 3.31. The number of hydrogen-bond donors (Lipinski definition) is 3. The van der Waals surface area contributed by atoms with Crippen molar-refractivity contribution in [2.24, 2.45) is 0 Å². The third-order valence-electron chi connectivity index (χ3n) is 7.95. The molecule has 0 unspecified atom stereocenters. The molecule has 1 saturated carbocycles. The van der Waals surface area contributed by atoms with Crippen LogP contribution in [0.15, 0.2) is 66.0 Å². The molecule has 1 aliphatic carbocycles. The lowest BCUT2D eigenvalue weighted by Crippen LogP contribution is -2.30. The number of fused-ring (bicyclic) bond motifs is 2. The molecule has 2 aliphatic rings. The van der Waals surface area contributed by atoms with Crippen LogP contribution in [0.4, 0.5) is 11.5 Å². The van der Waals surface area contributed by atoms with Gasteiger partial charge in [0.05, 0.1) is 17.2 Å². The summed E-state index contributed by atoms with van der Waals surface area (Å²) in [5, 5.41) is 13.5. The molecule has 11 heteroatoms. The predicted molar refractivity (Wildman–Crippen MR) is 150 cm³/mol. The van der Waals surface area contributed by atoms with Gasteiger partial charge in [0.25, 0.3) is 11.5 Å². The molecule has 1 aromatic carbocycles. The van der Waals surface area contributed by atoms with E-state index in [1.165, 1.54) is 11.0 Å². The number of nitrogen functional groups attached to an aromatic ring is 1. The number of nitrogens with two attached hydrogens (primary N) is 1. The fourth-order valence-electron chi connectivity index (χ4n) is 5.89. The molecule has 0 saturated heterocycles. The van der Waals surface area contributed by atoms with Gasteiger partial charge >= 0.3 is 0 Å². The average Bonchev–Trinajstić information content (AvgIpc) is 3.48. The number of aromatic nitrogens is 6. The van der Waals surface area contributed by atoms with Crippen LogP contribution in [0.1, 0.15) is 47.8 Å². The van der Waals surface area contributed by atoms with Gasteiger partial charge in [-0.2, -0.15) is 4.68 Å². The minimum absolute atomic E-state index is 0.155. The number of aliphatic hydroxyl groups is 1. The zero-order valence-corrected chi connectivity index (χ0v) is 21.7. The molecule has 0 spiro atoms. The Kier molecular flexibility index (Phi) is 5.74. The van der Waals surface area contributed by atoms with Crippen molar-refractivity contribution in [1.29, 1.82) is 0 Å². The molecule has 1 amide bonds. The summed E-state index contributed by atoms with van der Waals surface area (Å²) in [5.41, 5.74) is 9.87. The van der Waals surface area contributed by atoms with Crippen LogP contribution in [0.2, 0.25) is 0 Å². The Morgan fingerprint density at radius 1 is 1.05 bits per heavy atom. The van der Waals surface area contributed by atoms with E-state index in [2.05, 4.69) is 24.8 Å². The van der Waals surface area contributed by atoms with Crippen LogP contribution in [0.5, 0.6) is 0 Å². The van der Waals surface area contributed by atoms with E-state index in [0.717, 1.165) is 40.7 Å². The van der Waals surface area contributed by atoms with Crippen LogP contribution in [0.25, 0.3) is 28.0 Å². The fourth-order valence-corrected chi connectivity index (χ4v) is 5.89. The number of aliphatic hydroxyl groups excluding tert-OH is 1. The number of carbonyl (C=O) groups is 1. The van der Waals surface area contributed by atoms with Crippen LogP contribution in [-0.4, -0.2) is 46.0 Å². The molecular weight excluding hydrogens is 508 g/mol. The molecule has 11 nitrogen and oxygen atoms in total. The van der Waals surface area contributed by atoms with Crippen LogP contribution in [0, 0.1) is 0 Å². The number of nitrogens with zero attached hydrogens (tertiary/aromatic N) is 6. The molecule has 0 radical (unpaired) electrons. The number of benzene rings is 1. The number of amides is 1. The van der Waals surface area contributed by atoms with E-state index in [0.29, 0.717) is 43.1 Å². The van der Waals surface area contributed by atoms with Gasteiger partial charge in [-0.1, -0.05) is 18.2 Å². The highest BCUT2D eigenvalue weighted by Gasteiger charge is 2.31. The average molecular weight is 537 g/mol. The smallest absolute Gasteiger partial charge is 0.285 e. The number of rotatable bonds is 5. The molecule has 5 heterocycles. The maximum absolute atomic E-state index is 13.5. The van der Waals surface area contributed by atoms with Crippen LogP contribution in [-0.2, 0) is 13.0 Å². The van der Waals surface area contributed by atoms with Gasteiger partial charge in [0.2, 0.25) is 0 Å². The summed E-state index contributed by atoms with van der Waals surface area (Å²) in [6.07, 6.45) is 8.65. The maximum atomic E-state index is 13.5. The van der Waals surface area contributed by atoms with Gasteiger partial charge < -0.3 is 20.7 Å². The summed E-state index contributed by atoms with van der Waals surface area (Å²) in [7, 11) is 0. The van der Waals surface area contributed by atoms with Crippen molar-refractivity contribution in [3.63, 3.8) is 0 Å². The fraction of sp³-hybridized carbons (Fsp3) is 0.276. The minimum atomic E-state index is -0.434. The monoisotopic (exact) mass is 536 g/mol. The summed E-state index contributed by atoms with van der Waals surface area (Å²) in [6, 6.07) is 13.0.